The van der Waals surface area contributed by atoms with Gasteiger partial charge >= 0.3 is 6.09 Å². The summed E-state index contributed by atoms with van der Waals surface area (Å²) in [6.07, 6.45) is 7.11. The molecule has 0 aromatic carbocycles. The fourth-order valence-corrected chi connectivity index (χ4v) is 3.44. The zero-order valence-electron chi connectivity index (χ0n) is 15.8. The van der Waals surface area contributed by atoms with Crippen LogP contribution in [-0.4, -0.2) is 50.0 Å². The summed E-state index contributed by atoms with van der Waals surface area (Å²) in [6.45, 7) is 2.23. The van der Waals surface area contributed by atoms with Gasteiger partial charge in [-0.05, 0) is 37.5 Å². The van der Waals surface area contributed by atoms with E-state index in [9.17, 15) is 9.18 Å². The molecule has 1 fully saturated rings. The second-order valence-corrected chi connectivity index (χ2v) is 6.97. The van der Waals surface area contributed by atoms with Crippen molar-refractivity contribution in [3.8, 4) is 5.75 Å². The highest BCUT2D eigenvalue weighted by Crippen LogP contribution is 2.35. The zero-order valence-corrected chi connectivity index (χ0v) is 15.8. The number of hydrogen-bond donors (Lipinski definition) is 2. The normalized spacial score (nSPS) is 17.5. The molecule has 0 saturated carbocycles. The second-order valence-electron chi connectivity index (χ2n) is 6.97. The van der Waals surface area contributed by atoms with Gasteiger partial charge in [-0.3, -0.25) is 4.98 Å². The van der Waals surface area contributed by atoms with Crippen LogP contribution >= 0.6 is 0 Å². The fourth-order valence-electron chi connectivity index (χ4n) is 3.44. The van der Waals surface area contributed by atoms with Gasteiger partial charge < -0.3 is 20.1 Å². The number of ether oxygens (including phenoxy) is 1. The SMILES string of the molecule is C[C@@H](CO)NC(=O)Oc1cnn2ccc(N3CCC[C@@H]3c3cncc(F)c3)nc12. The van der Waals surface area contributed by atoms with E-state index in [1.165, 1.54) is 23.0 Å². The lowest BCUT2D eigenvalue weighted by atomic mass is 10.1. The summed E-state index contributed by atoms with van der Waals surface area (Å²) in [4.78, 5) is 22.6. The molecule has 1 amide bonds. The predicted octanol–water partition coefficient (Wildman–Crippen LogP) is 2.07. The van der Waals surface area contributed by atoms with Crippen molar-refractivity contribution in [2.24, 2.45) is 0 Å². The number of aromatic nitrogens is 4. The van der Waals surface area contributed by atoms with Crippen LogP contribution in [0.15, 0.2) is 36.9 Å². The average molecular weight is 400 g/mol. The van der Waals surface area contributed by atoms with E-state index in [1.54, 1.807) is 19.3 Å². The number of rotatable bonds is 5. The first-order chi connectivity index (χ1) is 14.0. The number of carbonyl (C=O) groups excluding carboxylic acids is 1. The van der Waals surface area contributed by atoms with E-state index in [2.05, 4.69) is 25.3 Å². The lowest BCUT2D eigenvalue weighted by molar-refractivity contribution is 0.186. The van der Waals surface area contributed by atoms with Crippen LogP contribution in [0.3, 0.4) is 0 Å². The number of hydrogen-bond acceptors (Lipinski definition) is 7. The summed E-state index contributed by atoms with van der Waals surface area (Å²) >= 11 is 0. The standard InChI is InChI=1S/C19H21FN6O3/c1-12(11-27)23-19(28)29-16-10-22-26-6-4-17(24-18(16)26)25-5-2-3-15(25)13-7-14(20)9-21-8-13/h4,6-10,12,15,27H,2-3,5,11H2,1H3,(H,23,28)/t12-,15+/m0/s1. The average Bonchev–Trinajstić information content (AvgIpc) is 3.35. The Hall–Kier alpha value is -3.27. The van der Waals surface area contributed by atoms with E-state index in [4.69, 9.17) is 9.84 Å². The third-order valence-corrected chi connectivity index (χ3v) is 4.82. The lowest BCUT2D eigenvalue weighted by Gasteiger charge is -2.26. The summed E-state index contributed by atoms with van der Waals surface area (Å²) in [5, 5.41) is 15.7. The van der Waals surface area contributed by atoms with Crippen molar-refractivity contribution in [2.75, 3.05) is 18.1 Å². The third kappa shape index (κ3) is 3.97. The van der Waals surface area contributed by atoms with E-state index in [-0.39, 0.29) is 24.2 Å². The highest BCUT2D eigenvalue weighted by Gasteiger charge is 2.28. The number of aliphatic hydroxyl groups is 1. The number of fused-ring (bicyclic) bond motifs is 1. The first kappa shape index (κ1) is 19.1. The number of aliphatic hydroxyl groups excluding tert-OH is 1. The van der Waals surface area contributed by atoms with Crippen molar-refractivity contribution < 1.29 is 19.0 Å². The van der Waals surface area contributed by atoms with Gasteiger partial charge in [0.05, 0.1) is 31.1 Å². The molecule has 29 heavy (non-hydrogen) atoms. The van der Waals surface area contributed by atoms with E-state index in [0.29, 0.717) is 11.5 Å². The number of amides is 1. The van der Waals surface area contributed by atoms with Crippen LogP contribution in [0.5, 0.6) is 5.75 Å². The van der Waals surface area contributed by atoms with Gasteiger partial charge in [0.15, 0.2) is 5.75 Å². The molecule has 0 aliphatic carbocycles. The Morgan fingerprint density at radius 3 is 3.10 bits per heavy atom. The van der Waals surface area contributed by atoms with E-state index < -0.39 is 12.1 Å². The fraction of sp³-hybridized carbons (Fsp3) is 0.368. The summed E-state index contributed by atoms with van der Waals surface area (Å²) < 4.78 is 20.4. The maximum atomic E-state index is 13.6. The van der Waals surface area contributed by atoms with Crippen molar-refractivity contribution in [3.63, 3.8) is 0 Å². The number of halogens is 1. The van der Waals surface area contributed by atoms with E-state index in [0.717, 1.165) is 24.9 Å². The summed E-state index contributed by atoms with van der Waals surface area (Å²) in [6, 6.07) is 2.85. The molecule has 2 N–H and O–H groups in total. The predicted molar refractivity (Wildman–Crippen MR) is 102 cm³/mol. The van der Waals surface area contributed by atoms with Crippen molar-refractivity contribution in [1.29, 1.82) is 0 Å². The Morgan fingerprint density at radius 1 is 1.45 bits per heavy atom. The quantitative estimate of drug-likeness (QED) is 0.675. The molecule has 9 nitrogen and oxygen atoms in total. The number of anilines is 1. The van der Waals surface area contributed by atoms with Gasteiger partial charge in [-0.1, -0.05) is 0 Å². The lowest BCUT2D eigenvalue weighted by Crippen LogP contribution is -2.37. The molecule has 4 rings (SSSR count). The Labute approximate surface area is 166 Å². The van der Waals surface area contributed by atoms with Crippen molar-refractivity contribution in [2.45, 2.75) is 31.8 Å². The van der Waals surface area contributed by atoms with Crippen LogP contribution in [0, 0.1) is 5.82 Å². The van der Waals surface area contributed by atoms with Gasteiger partial charge in [-0.2, -0.15) is 5.10 Å². The largest absolute Gasteiger partial charge is 0.413 e. The summed E-state index contributed by atoms with van der Waals surface area (Å²) in [5.41, 5.74) is 1.18. The number of pyridine rings is 1. The molecule has 10 heteroatoms. The molecular formula is C19H21FN6O3. The first-order valence-corrected chi connectivity index (χ1v) is 9.36. The minimum absolute atomic E-state index is 0.0332. The van der Waals surface area contributed by atoms with Gasteiger partial charge in [-0.25, -0.2) is 18.7 Å². The van der Waals surface area contributed by atoms with Crippen LogP contribution in [-0.2, 0) is 0 Å². The molecule has 0 unspecified atom stereocenters. The number of nitrogens with zero attached hydrogens (tertiary/aromatic N) is 5. The Balaban J connectivity index is 1.60. The molecular weight excluding hydrogens is 379 g/mol. The van der Waals surface area contributed by atoms with Crippen LogP contribution in [0.2, 0.25) is 0 Å². The van der Waals surface area contributed by atoms with Crippen LogP contribution in [0.1, 0.15) is 31.4 Å². The van der Waals surface area contributed by atoms with Gasteiger partial charge in [0, 0.05) is 18.9 Å². The molecule has 1 aliphatic heterocycles. The molecule has 0 spiro atoms. The van der Waals surface area contributed by atoms with Gasteiger partial charge in [0.25, 0.3) is 0 Å². The Bertz CT molecular complexity index is 1030. The molecule has 1 aliphatic rings. The highest BCUT2D eigenvalue weighted by molar-refractivity contribution is 5.73. The molecule has 4 heterocycles. The van der Waals surface area contributed by atoms with Gasteiger partial charge in [-0.15, -0.1) is 0 Å². The van der Waals surface area contributed by atoms with E-state index >= 15 is 0 Å². The zero-order chi connectivity index (χ0) is 20.4. The molecule has 0 radical (unpaired) electrons. The molecule has 0 bridgehead atoms. The molecule has 1 saturated heterocycles. The Morgan fingerprint density at radius 2 is 2.31 bits per heavy atom. The minimum atomic E-state index is -0.696. The summed E-state index contributed by atoms with van der Waals surface area (Å²) in [7, 11) is 0. The van der Waals surface area contributed by atoms with Gasteiger partial charge in [0.1, 0.15) is 11.6 Å². The Kier molecular flexibility index (Phi) is 5.26. The number of nitrogens with one attached hydrogen (secondary N) is 1. The van der Waals surface area contributed by atoms with Crippen LogP contribution < -0.4 is 15.0 Å². The molecule has 2 atom stereocenters. The smallest absolute Gasteiger partial charge is 0.405 e. The van der Waals surface area contributed by atoms with E-state index in [1.807, 2.05) is 6.07 Å². The first-order valence-electron chi connectivity index (χ1n) is 9.36. The topological polar surface area (TPSA) is 105 Å². The maximum absolute atomic E-state index is 13.6. The second kappa shape index (κ2) is 8.00. The minimum Gasteiger partial charge on any atom is -0.405 e. The molecule has 3 aromatic rings. The highest BCUT2D eigenvalue weighted by atomic mass is 19.1. The third-order valence-electron chi connectivity index (χ3n) is 4.82. The monoisotopic (exact) mass is 400 g/mol. The molecule has 152 valence electrons. The summed E-state index contributed by atoms with van der Waals surface area (Å²) in [5.74, 6) is 0.517. The number of carbonyl (C=O) groups is 1. The maximum Gasteiger partial charge on any atom is 0.413 e. The van der Waals surface area contributed by atoms with Crippen molar-refractivity contribution >= 4 is 17.6 Å². The van der Waals surface area contributed by atoms with Crippen LogP contribution in [0.25, 0.3) is 5.65 Å². The van der Waals surface area contributed by atoms with Crippen LogP contribution in [0.4, 0.5) is 15.0 Å². The van der Waals surface area contributed by atoms with Gasteiger partial charge in [0.2, 0.25) is 5.65 Å². The van der Waals surface area contributed by atoms with Crippen molar-refractivity contribution in [1.82, 2.24) is 24.9 Å². The molecule has 3 aromatic heterocycles. The van der Waals surface area contributed by atoms with Crippen molar-refractivity contribution in [3.05, 3.63) is 48.3 Å².